The molecule has 3 heterocycles. The van der Waals surface area contributed by atoms with Crippen molar-refractivity contribution in [1.29, 1.82) is 0 Å². The summed E-state index contributed by atoms with van der Waals surface area (Å²) in [7, 11) is 0. The second-order valence-electron chi connectivity index (χ2n) is 8.07. The van der Waals surface area contributed by atoms with E-state index in [1.165, 1.54) is 6.42 Å². The van der Waals surface area contributed by atoms with E-state index >= 15 is 0 Å². The number of hydrogen-bond acceptors (Lipinski definition) is 4. The quantitative estimate of drug-likeness (QED) is 0.748. The molecule has 0 bridgehead atoms. The van der Waals surface area contributed by atoms with Gasteiger partial charge >= 0.3 is 11.7 Å². The van der Waals surface area contributed by atoms with Gasteiger partial charge in [-0.25, -0.2) is 9.59 Å². The SMILES string of the molecule is Cc1ccc2c(CN3CCN(C(=O)N4CCCCC4)CC3)cc(=O)oc2c1C. The molecule has 2 fully saturated rings. The summed E-state index contributed by atoms with van der Waals surface area (Å²) in [5.41, 5.74) is 3.55. The first-order valence-corrected chi connectivity index (χ1v) is 10.3. The smallest absolute Gasteiger partial charge is 0.336 e. The van der Waals surface area contributed by atoms with Crippen LogP contribution in [0, 0.1) is 13.8 Å². The van der Waals surface area contributed by atoms with Gasteiger partial charge in [-0.3, -0.25) is 4.90 Å². The van der Waals surface area contributed by atoms with Crippen LogP contribution in [0.4, 0.5) is 4.79 Å². The average Bonchev–Trinajstić information content (AvgIpc) is 2.72. The number of urea groups is 1. The van der Waals surface area contributed by atoms with Gasteiger partial charge in [-0.05, 0) is 49.8 Å². The molecule has 6 heteroatoms. The van der Waals surface area contributed by atoms with Gasteiger partial charge in [-0.1, -0.05) is 12.1 Å². The lowest BCUT2D eigenvalue weighted by molar-refractivity contribution is 0.105. The van der Waals surface area contributed by atoms with Crippen LogP contribution in [-0.4, -0.2) is 60.0 Å². The van der Waals surface area contributed by atoms with Gasteiger partial charge in [0, 0.05) is 57.3 Å². The first-order valence-electron chi connectivity index (χ1n) is 10.3. The highest BCUT2D eigenvalue weighted by Crippen LogP contribution is 2.24. The number of amides is 2. The molecule has 2 amide bonds. The van der Waals surface area contributed by atoms with Gasteiger partial charge in [0.1, 0.15) is 5.58 Å². The third-order valence-electron chi connectivity index (χ3n) is 6.18. The number of carbonyl (C=O) groups excluding carboxylic acids is 1. The highest BCUT2D eigenvalue weighted by Gasteiger charge is 2.26. The minimum Gasteiger partial charge on any atom is -0.422 e. The topological polar surface area (TPSA) is 57.0 Å². The zero-order valence-electron chi connectivity index (χ0n) is 16.9. The molecule has 0 saturated carbocycles. The Balaban J connectivity index is 1.44. The van der Waals surface area contributed by atoms with Crippen LogP contribution >= 0.6 is 0 Å². The average molecular weight is 383 g/mol. The van der Waals surface area contributed by atoms with Crippen LogP contribution in [0.1, 0.15) is 36.0 Å². The zero-order valence-corrected chi connectivity index (χ0v) is 16.9. The molecular weight excluding hydrogens is 354 g/mol. The Morgan fingerprint density at radius 3 is 2.36 bits per heavy atom. The van der Waals surface area contributed by atoms with Crippen molar-refractivity contribution in [3.8, 4) is 0 Å². The van der Waals surface area contributed by atoms with Crippen molar-refractivity contribution in [2.75, 3.05) is 39.3 Å². The molecule has 6 nitrogen and oxygen atoms in total. The van der Waals surface area contributed by atoms with E-state index in [9.17, 15) is 9.59 Å². The van der Waals surface area contributed by atoms with Crippen LogP contribution in [0.25, 0.3) is 11.0 Å². The minimum absolute atomic E-state index is 0.191. The van der Waals surface area contributed by atoms with Gasteiger partial charge in [0.25, 0.3) is 0 Å². The normalized spacial score (nSPS) is 18.6. The Bertz CT molecular complexity index is 923. The summed E-state index contributed by atoms with van der Waals surface area (Å²) in [6.45, 7) is 9.65. The van der Waals surface area contributed by atoms with E-state index in [4.69, 9.17) is 4.42 Å². The second-order valence-corrected chi connectivity index (χ2v) is 8.07. The molecule has 1 aromatic heterocycles. The van der Waals surface area contributed by atoms with Crippen molar-refractivity contribution < 1.29 is 9.21 Å². The van der Waals surface area contributed by atoms with Crippen LogP contribution in [0.3, 0.4) is 0 Å². The number of hydrogen-bond donors (Lipinski definition) is 0. The minimum atomic E-state index is -0.296. The van der Waals surface area contributed by atoms with Crippen molar-refractivity contribution in [3.05, 3.63) is 45.3 Å². The highest BCUT2D eigenvalue weighted by molar-refractivity contribution is 5.83. The number of fused-ring (bicyclic) bond motifs is 1. The number of nitrogens with zero attached hydrogens (tertiary/aromatic N) is 3. The fourth-order valence-corrected chi connectivity index (χ4v) is 4.28. The molecule has 2 aliphatic rings. The molecule has 2 saturated heterocycles. The number of likely N-dealkylation sites (tertiary alicyclic amines) is 1. The first kappa shape index (κ1) is 19.0. The summed E-state index contributed by atoms with van der Waals surface area (Å²) in [6, 6.07) is 5.93. The van der Waals surface area contributed by atoms with E-state index in [0.717, 1.165) is 74.2 Å². The number of piperazine rings is 1. The van der Waals surface area contributed by atoms with Gasteiger partial charge < -0.3 is 14.2 Å². The maximum atomic E-state index is 12.7. The number of carbonyl (C=O) groups is 1. The lowest BCUT2D eigenvalue weighted by Crippen LogP contribution is -2.53. The summed E-state index contributed by atoms with van der Waals surface area (Å²) in [4.78, 5) is 31.1. The molecular formula is C22H29N3O3. The van der Waals surface area contributed by atoms with E-state index in [-0.39, 0.29) is 11.7 Å². The number of piperidine rings is 1. The molecule has 150 valence electrons. The Morgan fingerprint density at radius 2 is 1.64 bits per heavy atom. The summed E-state index contributed by atoms with van der Waals surface area (Å²) in [5, 5.41) is 1.01. The Labute approximate surface area is 165 Å². The van der Waals surface area contributed by atoms with Gasteiger partial charge in [0.05, 0.1) is 0 Å². The third-order valence-corrected chi connectivity index (χ3v) is 6.18. The number of benzene rings is 1. The Morgan fingerprint density at radius 1 is 0.964 bits per heavy atom. The van der Waals surface area contributed by atoms with Gasteiger partial charge in [0.15, 0.2) is 0 Å². The van der Waals surface area contributed by atoms with E-state index in [1.807, 2.05) is 29.7 Å². The van der Waals surface area contributed by atoms with Crippen molar-refractivity contribution in [3.63, 3.8) is 0 Å². The van der Waals surface area contributed by atoms with Crippen LogP contribution < -0.4 is 5.63 Å². The molecule has 4 rings (SSSR count). The highest BCUT2D eigenvalue weighted by atomic mass is 16.4. The molecule has 0 spiro atoms. The molecule has 0 N–H and O–H groups in total. The number of aryl methyl sites for hydroxylation is 2. The van der Waals surface area contributed by atoms with Crippen molar-refractivity contribution in [1.82, 2.24) is 14.7 Å². The molecule has 0 radical (unpaired) electrons. The Kier molecular flexibility index (Phi) is 5.40. The van der Waals surface area contributed by atoms with Crippen LogP contribution in [0.15, 0.2) is 27.4 Å². The zero-order chi connectivity index (χ0) is 19.7. The second kappa shape index (κ2) is 7.95. The van der Waals surface area contributed by atoms with Crippen LogP contribution in [0.2, 0.25) is 0 Å². The summed E-state index contributed by atoms with van der Waals surface area (Å²) >= 11 is 0. The standard InChI is InChI=1S/C22H29N3O3/c1-16-6-7-19-18(14-20(26)28-21(19)17(16)2)15-23-10-12-25(13-11-23)22(27)24-8-4-3-5-9-24/h6-7,14H,3-5,8-13,15H2,1-2H3. The maximum Gasteiger partial charge on any atom is 0.336 e. The predicted molar refractivity (Wildman–Crippen MR) is 110 cm³/mol. The van der Waals surface area contributed by atoms with Crippen molar-refractivity contribution in [2.45, 2.75) is 39.7 Å². The van der Waals surface area contributed by atoms with Gasteiger partial charge in [0.2, 0.25) is 0 Å². The molecule has 2 aromatic rings. The van der Waals surface area contributed by atoms with Crippen LogP contribution in [-0.2, 0) is 6.54 Å². The molecule has 1 aromatic carbocycles. The van der Waals surface area contributed by atoms with Crippen molar-refractivity contribution in [2.24, 2.45) is 0 Å². The van der Waals surface area contributed by atoms with Gasteiger partial charge in [-0.2, -0.15) is 0 Å². The third kappa shape index (κ3) is 3.78. The fraction of sp³-hybridized carbons (Fsp3) is 0.545. The predicted octanol–water partition coefficient (Wildman–Crippen LogP) is 3.13. The van der Waals surface area contributed by atoms with E-state index in [2.05, 4.69) is 11.0 Å². The van der Waals surface area contributed by atoms with Gasteiger partial charge in [-0.15, -0.1) is 0 Å². The number of rotatable bonds is 2. The molecule has 28 heavy (non-hydrogen) atoms. The Hall–Kier alpha value is -2.34. The van der Waals surface area contributed by atoms with E-state index < -0.39 is 0 Å². The van der Waals surface area contributed by atoms with E-state index in [1.54, 1.807) is 6.07 Å². The lowest BCUT2D eigenvalue weighted by Gasteiger charge is -2.38. The molecule has 2 aliphatic heterocycles. The summed E-state index contributed by atoms with van der Waals surface area (Å²) < 4.78 is 5.49. The molecule has 0 aliphatic carbocycles. The van der Waals surface area contributed by atoms with E-state index in [0.29, 0.717) is 12.1 Å². The molecule has 0 unspecified atom stereocenters. The fourth-order valence-electron chi connectivity index (χ4n) is 4.28. The maximum absolute atomic E-state index is 12.7. The van der Waals surface area contributed by atoms with Crippen LogP contribution in [0.5, 0.6) is 0 Å². The monoisotopic (exact) mass is 383 g/mol. The van der Waals surface area contributed by atoms with Crippen molar-refractivity contribution >= 4 is 17.0 Å². The first-order chi connectivity index (χ1) is 13.5. The summed E-state index contributed by atoms with van der Waals surface area (Å²) in [5.74, 6) is 0. The summed E-state index contributed by atoms with van der Waals surface area (Å²) in [6.07, 6.45) is 3.47. The lowest BCUT2D eigenvalue weighted by atomic mass is 10.0. The largest absolute Gasteiger partial charge is 0.422 e. The molecule has 0 atom stereocenters.